The van der Waals surface area contributed by atoms with Crippen LogP contribution in [0.15, 0.2) is 43.1 Å². The van der Waals surface area contributed by atoms with Crippen LogP contribution < -0.4 is 4.74 Å². The largest absolute Gasteiger partial charge is 0.491 e. The highest BCUT2D eigenvalue weighted by molar-refractivity contribution is 5.74. The molecule has 1 aliphatic heterocycles. The Balaban J connectivity index is 1.42. The maximum Gasteiger partial charge on any atom is 0.178 e. The van der Waals surface area contributed by atoms with Gasteiger partial charge in [-0.2, -0.15) is 10.2 Å². The average Bonchev–Trinajstić information content (AvgIpc) is 3.58. The standard InChI is InChI=1S/C25H32N8O/c1-5-30(6-2)9-10-32-15-20(14-27-32)19-7-8-21-23(13-19)34-12-11-31-16-22(29-24(21)31)25-26-17-28-33(25)18(3)4/h7-8,13-18H,5-6,9-12H2,1-4H3. The molecule has 0 saturated carbocycles. The molecule has 1 aromatic carbocycles. The van der Waals surface area contributed by atoms with E-state index in [4.69, 9.17) is 9.72 Å². The van der Waals surface area contributed by atoms with Gasteiger partial charge in [0, 0.05) is 30.5 Å². The Morgan fingerprint density at radius 1 is 1.06 bits per heavy atom. The molecule has 0 radical (unpaired) electrons. The van der Waals surface area contributed by atoms with E-state index < -0.39 is 0 Å². The molecular formula is C25H32N8O. The number of rotatable bonds is 8. The Kier molecular flexibility index (Phi) is 6.19. The van der Waals surface area contributed by atoms with Gasteiger partial charge in [-0.15, -0.1) is 0 Å². The number of benzene rings is 1. The molecule has 0 atom stereocenters. The maximum atomic E-state index is 6.13. The van der Waals surface area contributed by atoms with Gasteiger partial charge < -0.3 is 14.2 Å². The van der Waals surface area contributed by atoms with Crippen LogP contribution in [0.3, 0.4) is 0 Å². The predicted octanol–water partition coefficient (Wildman–Crippen LogP) is 3.99. The van der Waals surface area contributed by atoms with Gasteiger partial charge in [0.1, 0.15) is 30.2 Å². The zero-order valence-corrected chi connectivity index (χ0v) is 20.3. The SMILES string of the molecule is CCN(CC)CCn1cc(-c2ccc3c(c2)OCCn2cc(-c4ncnn4C(C)C)nc2-3)cn1. The number of imidazole rings is 1. The van der Waals surface area contributed by atoms with E-state index >= 15 is 0 Å². The second-order valence-electron chi connectivity index (χ2n) is 8.84. The molecule has 0 aliphatic carbocycles. The molecule has 178 valence electrons. The van der Waals surface area contributed by atoms with E-state index in [0.29, 0.717) is 6.61 Å². The first-order valence-electron chi connectivity index (χ1n) is 12.1. The highest BCUT2D eigenvalue weighted by Gasteiger charge is 2.22. The van der Waals surface area contributed by atoms with Crippen LogP contribution in [-0.2, 0) is 13.1 Å². The van der Waals surface area contributed by atoms with Crippen molar-refractivity contribution in [2.45, 2.75) is 46.8 Å². The van der Waals surface area contributed by atoms with E-state index in [9.17, 15) is 0 Å². The Labute approximate surface area is 200 Å². The van der Waals surface area contributed by atoms with Crippen LogP contribution in [0.2, 0.25) is 0 Å². The van der Waals surface area contributed by atoms with Crippen LogP contribution in [0.4, 0.5) is 0 Å². The summed E-state index contributed by atoms with van der Waals surface area (Å²) < 4.78 is 12.2. The van der Waals surface area contributed by atoms with Crippen LogP contribution >= 0.6 is 0 Å². The molecule has 4 heterocycles. The van der Waals surface area contributed by atoms with E-state index in [0.717, 1.165) is 72.5 Å². The van der Waals surface area contributed by atoms with Crippen LogP contribution in [0, 0.1) is 0 Å². The zero-order chi connectivity index (χ0) is 23.7. The molecule has 5 rings (SSSR count). The molecule has 0 unspecified atom stereocenters. The quantitative estimate of drug-likeness (QED) is 0.396. The minimum Gasteiger partial charge on any atom is -0.491 e. The smallest absolute Gasteiger partial charge is 0.178 e. The molecule has 1 aliphatic rings. The summed E-state index contributed by atoms with van der Waals surface area (Å²) in [6, 6.07) is 6.53. The van der Waals surface area contributed by atoms with Crippen molar-refractivity contribution >= 4 is 0 Å². The van der Waals surface area contributed by atoms with E-state index in [1.807, 2.05) is 21.8 Å². The summed E-state index contributed by atoms with van der Waals surface area (Å²) in [5.41, 5.74) is 3.99. The molecule has 0 bridgehead atoms. The fourth-order valence-electron chi connectivity index (χ4n) is 4.40. The number of aromatic nitrogens is 7. The highest BCUT2D eigenvalue weighted by Crippen LogP contribution is 2.36. The summed E-state index contributed by atoms with van der Waals surface area (Å²) in [5, 5.41) is 8.93. The fraction of sp³-hybridized carbons (Fsp3) is 0.440. The third-order valence-electron chi connectivity index (χ3n) is 6.39. The lowest BCUT2D eigenvalue weighted by atomic mass is 10.1. The third kappa shape index (κ3) is 4.23. The molecule has 4 aromatic rings. The zero-order valence-electron chi connectivity index (χ0n) is 20.3. The van der Waals surface area contributed by atoms with Crippen molar-refractivity contribution < 1.29 is 4.74 Å². The van der Waals surface area contributed by atoms with Crippen molar-refractivity contribution in [2.75, 3.05) is 26.2 Å². The van der Waals surface area contributed by atoms with E-state index in [-0.39, 0.29) is 6.04 Å². The molecular weight excluding hydrogens is 428 g/mol. The van der Waals surface area contributed by atoms with Crippen molar-refractivity contribution in [2.24, 2.45) is 0 Å². The molecule has 0 fully saturated rings. The van der Waals surface area contributed by atoms with Crippen molar-refractivity contribution in [3.8, 4) is 39.8 Å². The Hall–Kier alpha value is -3.46. The van der Waals surface area contributed by atoms with Gasteiger partial charge in [0.2, 0.25) is 0 Å². The Morgan fingerprint density at radius 3 is 2.71 bits per heavy atom. The Bertz CT molecular complexity index is 1260. The molecule has 34 heavy (non-hydrogen) atoms. The minimum atomic E-state index is 0.213. The number of fused-ring (bicyclic) bond motifs is 3. The van der Waals surface area contributed by atoms with Gasteiger partial charge in [-0.3, -0.25) is 4.68 Å². The number of ether oxygens (including phenoxy) is 1. The van der Waals surface area contributed by atoms with Crippen LogP contribution in [0.1, 0.15) is 33.7 Å². The lowest BCUT2D eigenvalue weighted by molar-refractivity contribution is 0.285. The normalized spacial score (nSPS) is 13.1. The monoisotopic (exact) mass is 460 g/mol. The molecule has 0 N–H and O–H groups in total. The number of hydrogen-bond acceptors (Lipinski definition) is 6. The first-order chi connectivity index (χ1) is 16.6. The molecule has 0 amide bonds. The lowest BCUT2D eigenvalue weighted by Crippen LogP contribution is -2.27. The number of likely N-dealkylation sites (N-methyl/N-ethyl adjacent to an activating group) is 1. The second-order valence-corrected chi connectivity index (χ2v) is 8.84. The Morgan fingerprint density at radius 2 is 1.91 bits per heavy atom. The van der Waals surface area contributed by atoms with Gasteiger partial charge >= 0.3 is 0 Å². The molecule has 9 nitrogen and oxygen atoms in total. The van der Waals surface area contributed by atoms with Crippen LogP contribution in [-0.4, -0.2) is 65.2 Å². The van der Waals surface area contributed by atoms with Crippen LogP contribution in [0.25, 0.3) is 34.0 Å². The van der Waals surface area contributed by atoms with Gasteiger partial charge in [-0.05, 0) is 44.6 Å². The molecule has 0 spiro atoms. The van der Waals surface area contributed by atoms with Crippen molar-refractivity contribution in [1.82, 2.24) is 39.0 Å². The first kappa shape index (κ1) is 22.3. The third-order valence-corrected chi connectivity index (χ3v) is 6.39. The van der Waals surface area contributed by atoms with Gasteiger partial charge in [0.05, 0.1) is 24.8 Å². The summed E-state index contributed by atoms with van der Waals surface area (Å²) in [7, 11) is 0. The highest BCUT2D eigenvalue weighted by atomic mass is 16.5. The lowest BCUT2D eigenvalue weighted by Gasteiger charge is -2.17. The van der Waals surface area contributed by atoms with E-state index in [1.165, 1.54) is 0 Å². The summed E-state index contributed by atoms with van der Waals surface area (Å²) >= 11 is 0. The summed E-state index contributed by atoms with van der Waals surface area (Å²) in [6.07, 6.45) is 7.67. The molecule has 3 aromatic heterocycles. The predicted molar refractivity (Wildman–Crippen MR) is 132 cm³/mol. The average molecular weight is 461 g/mol. The first-order valence-corrected chi connectivity index (χ1v) is 12.1. The summed E-state index contributed by atoms with van der Waals surface area (Å²) in [4.78, 5) is 11.8. The number of hydrogen-bond donors (Lipinski definition) is 0. The fourth-order valence-corrected chi connectivity index (χ4v) is 4.40. The molecule has 0 saturated heterocycles. The number of nitrogens with zero attached hydrogens (tertiary/aromatic N) is 8. The van der Waals surface area contributed by atoms with Crippen molar-refractivity contribution in [3.05, 3.63) is 43.1 Å². The van der Waals surface area contributed by atoms with Gasteiger partial charge in [-0.1, -0.05) is 19.9 Å². The second kappa shape index (κ2) is 9.42. The summed E-state index contributed by atoms with van der Waals surface area (Å²) in [6.45, 7) is 13.9. The van der Waals surface area contributed by atoms with Gasteiger partial charge in [0.15, 0.2) is 5.82 Å². The van der Waals surface area contributed by atoms with Crippen LogP contribution in [0.5, 0.6) is 5.75 Å². The summed E-state index contributed by atoms with van der Waals surface area (Å²) in [5.74, 6) is 2.52. The molecule has 9 heteroatoms. The van der Waals surface area contributed by atoms with E-state index in [1.54, 1.807) is 6.33 Å². The van der Waals surface area contributed by atoms with E-state index in [2.05, 4.69) is 76.7 Å². The minimum absolute atomic E-state index is 0.213. The van der Waals surface area contributed by atoms with Crippen molar-refractivity contribution in [1.29, 1.82) is 0 Å². The van der Waals surface area contributed by atoms with Crippen molar-refractivity contribution in [3.63, 3.8) is 0 Å². The maximum absolute atomic E-state index is 6.13. The topological polar surface area (TPSA) is 78.8 Å². The van der Waals surface area contributed by atoms with Gasteiger partial charge in [-0.25, -0.2) is 14.6 Å². The van der Waals surface area contributed by atoms with Gasteiger partial charge in [0.25, 0.3) is 0 Å².